The number of rotatable bonds is 7. The highest BCUT2D eigenvalue weighted by Crippen LogP contribution is 2.25. The maximum atomic E-state index is 13.8. The highest BCUT2D eigenvalue weighted by Gasteiger charge is 2.34. The maximum absolute atomic E-state index is 13.8. The normalized spacial score (nSPS) is 13.9. The highest BCUT2D eigenvalue weighted by molar-refractivity contribution is 5.95. The van der Waals surface area contributed by atoms with Gasteiger partial charge in [0, 0.05) is 39.4 Å². The summed E-state index contributed by atoms with van der Waals surface area (Å²) in [4.78, 5) is 27.8. The Kier molecular flexibility index (Phi) is 5.88. The summed E-state index contributed by atoms with van der Waals surface area (Å²) in [5, 5.41) is 7.92. The van der Waals surface area contributed by atoms with Crippen molar-refractivity contribution in [1.82, 2.24) is 24.8 Å². The number of benzene rings is 1. The molecule has 10 heteroatoms. The van der Waals surface area contributed by atoms with Crippen molar-refractivity contribution in [3.63, 3.8) is 0 Å². The van der Waals surface area contributed by atoms with Crippen molar-refractivity contribution in [2.24, 2.45) is 0 Å². The SMILES string of the molecule is COCCN(C)C(=O)c1cn(C2CN(C(=O)c3ccc(OC)c(F)c3)C2)nn1. The van der Waals surface area contributed by atoms with E-state index in [9.17, 15) is 14.0 Å². The van der Waals surface area contributed by atoms with Crippen LogP contribution in [0.2, 0.25) is 0 Å². The first kappa shape index (κ1) is 19.7. The van der Waals surface area contributed by atoms with Gasteiger partial charge in [-0.1, -0.05) is 5.21 Å². The van der Waals surface area contributed by atoms with Gasteiger partial charge < -0.3 is 19.3 Å². The molecule has 0 spiro atoms. The van der Waals surface area contributed by atoms with Gasteiger partial charge in [-0.15, -0.1) is 5.10 Å². The summed E-state index contributed by atoms with van der Waals surface area (Å²) in [7, 11) is 4.60. The van der Waals surface area contributed by atoms with Crippen LogP contribution >= 0.6 is 0 Å². The Morgan fingerprint density at radius 1 is 1.32 bits per heavy atom. The minimum absolute atomic E-state index is 0.0784. The molecule has 0 aliphatic carbocycles. The molecule has 2 heterocycles. The molecule has 9 nitrogen and oxygen atoms in total. The van der Waals surface area contributed by atoms with Gasteiger partial charge in [-0.25, -0.2) is 9.07 Å². The molecule has 0 N–H and O–H groups in total. The van der Waals surface area contributed by atoms with Gasteiger partial charge >= 0.3 is 0 Å². The third-order valence-corrected chi connectivity index (χ3v) is 4.63. The molecule has 0 atom stereocenters. The highest BCUT2D eigenvalue weighted by atomic mass is 19.1. The predicted molar refractivity (Wildman–Crippen MR) is 96.8 cm³/mol. The van der Waals surface area contributed by atoms with Gasteiger partial charge in [0.2, 0.25) is 0 Å². The minimum atomic E-state index is -0.581. The van der Waals surface area contributed by atoms with Crippen molar-refractivity contribution in [2.75, 3.05) is 47.5 Å². The van der Waals surface area contributed by atoms with Crippen LogP contribution in [0, 0.1) is 5.82 Å². The van der Waals surface area contributed by atoms with Crippen molar-refractivity contribution >= 4 is 11.8 Å². The molecule has 150 valence electrons. The van der Waals surface area contributed by atoms with E-state index >= 15 is 0 Å². The van der Waals surface area contributed by atoms with Crippen LogP contribution in [0.4, 0.5) is 4.39 Å². The van der Waals surface area contributed by atoms with E-state index in [4.69, 9.17) is 9.47 Å². The molecular weight excluding hydrogens is 369 g/mol. The summed E-state index contributed by atoms with van der Waals surface area (Å²) in [5.41, 5.74) is 0.492. The Morgan fingerprint density at radius 3 is 2.71 bits per heavy atom. The van der Waals surface area contributed by atoms with Crippen LogP contribution in [0.15, 0.2) is 24.4 Å². The lowest BCUT2D eigenvalue weighted by atomic mass is 10.1. The molecule has 1 aromatic heterocycles. The molecule has 1 saturated heterocycles. The van der Waals surface area contributed by atoms with E-state index in [1.165, 1.54) is 24.1 Å². The Hall–Kier alpha value is -3.01. The average molecular weight is 391 g/mol. The zero-order chi connectivity index (χ0) is 20.3. The number of carbonyl (C=O) groups excluding carboxylic acids is 2. The van der Waals surface area contributed by atoms with Crippen molar-refractivity contribution in [2.45, 2.75) is 6.04 Å². The van der Waals surface area contributed by atoms with E-state index in [0.29, 0.717) is 26.2 Å². The third-order valence-electron chi connectivity index (χ3n) is 4.63. The summed E-state index contributed by atoms with van der Waals surface area (Å²) < 4.78 is 25.2. The fourth-order valence-corrected chi connectivity index (χ4v) is 2.85. The molecule has 28 heavy (non-hydrogen) atoms. The summed E-state index contributed by atoms with van der Waals surface area (Å²) >= 11 is 0. The summed E-state index contributed by atoms with van der Waals surface area (Å²) in [6, 6.07) is 4.04. The van der Waals surface area contributed by atoms with E-state index in [-0.39, 0.29) is 34.9 Å². The van der Waals surface area contributed by atoms with Crippen molar-refractivity contribution in [1.29, 1.82) is 0 Å². The summed E-state index contributed by atoms with van der Waals surface area (Å²) in [5.74, 6) is -1.01. The summed E-state index contributed by atoms with van der Waals surface area (Å²) in [6.07, 6.45) is 1.57. The smallest absolute Gasteiger partial charge is 0.275 e. The number of aromatic nitrogens is 3. The zero-order valence-corrected chi connectivity index (χ0v) is 16.0. The predicted octanol–water partition coefficient (Wildman–Crippen LogP) is 0.841. The average Bonchev–Trinajstić information content (AvgIpc) is 3.13. The molecule has 2 aromatic rings. The van der Waals surface area contributed by atoms with Gasteiger partial charge in [0.15, 0.2) is 17.3 Å². The Balaban J connectivity index is 1.58. The standard InChI is InChI=1S/C18H22FN5O4/c1-22(6-7-27-2)18(26)15-11-24(21-20-15)13-9-23(10-13)17(25)12-4-5-16(28-3)14(19)8-12/h4-5,8,11,13H,6-7,9-10H2,1-3H3. The van der Waals surface area contributed by atoms with E-state index in [2.05, 4.69) is 10.3 Å². The lowest BCUT2D eigenvalue weighted by Crippen LogP contribution is -2.50. The van der Waals surface area contributed by atoms with E-state index in [1.54, 1.807) is 29.9 Å². The topological polar surface area (TPSA) is 89.8 Å². The van der Waals surface area contributed by atoms with Crippen LogP contribution in [0.1, 0.15) is 26.9 Å². The molecule has 1 fully saturated rings. The van der Waals surface area contributed by atoms with Crippen molar-refractivity contribution in [3.05, 3.63) is 41.5 Å². The second-order valence-corrected chi connectivity index (χ2v) is 6.52. The number of hydrogen-bond acceptors (Lipinski definition) is 6. The molecule has 3 rings (SSSR count). The van der Waals surface area contributed by atoms with Crippen LogP contribution in [-0.4, -0.2) is 84.1 Å². The Labute approximate surface area is 161 Å². The lowest BCUT2D eigenvalue weighted by Gasteiger charge is -2.38. The van der Waals surface area contributed by atoms with Crippen LogP contribution < -0.4 is 4.74 Å². The van der Waals surface area contributed by atoms with Gasteiger partial charge in [0.05, 0.1) is 26.0 Å². The van der Waals surface area contributed by atoms with Gasteiger partial charge in [-0.05, 0) is 18.2 Å². The number of methoxy groups -OCH3 is 2. The molecule has 1 aromatic carbocycles. The number of hydrogen-bond donors (Lipinski definition) is 0. The number of nitrogens with zero attached hydrogens (tertiary/aromatic N) is 5. The molecule has 1 aliphatic heterocycles. The second kappa shape index (κ2) is 8.34. The number of likely N-dealkylation sites (tertiary alicyclic amines) is 1. The monoisotopic (exact) mass is 391 g/mol. The first-order valence-corrected chi connectivity index (χ1v) is 8.73. The van der Waals surface area contributed by atoms with Crippen LogP contribution in [0.3, 0.4) is 0 Å². The first-order chi connectivity index (χ1) is 13.4. The number of halogens is 1. The first-order valence-electron chi connectivity index (χ1n) is 8.73. The van der Waals surface area contributed by atoms with Crippen LogP contribution in [0.25, 0.3) is 0 Å². The van der Waals surface area contributed by atoms with Crippen LogP contribution in [0.5, 0.6) is 5.75 Å². The maximum Gasteiger partial charge on any atom is 0.275 e. The molecule has 1 aliphatic rings. The number of likely N-dealkylation sites (N-methyl/N-ethyl adjacent to an activating group) is 1. The second-order valence-electron chi connectivity index (χ2n) is 6.52. The molecular formula is C18H22FN5O4. The van der Waals surface area contributed by atoms with E-state index < -0.39 is 5.82 Å². The van der Waals surface area contributed by atoms with Crippen LogP contribution in [-0.2, 0) is 4.74 Å². The minimum Gasteiger partial charge on any atom is -0.494 e. The molecule has 0 saturated carbocycles. The fraction of sp³-hybridized carbons (Fsp3) is 0.444. The van der Waals surface area contributed by atoms with E-state index in [0.717, 1.165) is 6.07 Å². The third kappa shape index (κ3) is 3.96. The molecule has 0 radical (unpaired) electrons. The number of amides is 2. The van der Waals surface area contributed by atoms with E-state index in [1.807, 2.05) is 0 Å². The van der Waals surface area contributed by atoms with Crippen molar-refractivity contribution in [3.8, 4) is 5.75 Å². The molecule has 0 unspecified atom stereocenters. The van der Waals surface area contributed by atoms with Crippen molar-refractivity contribution < 1.29 is 23.5 Å². The number of ether oxygens (including phenoxy) is 2. The quantitative estimate of drug-likeness (QED) is 0.695. The summed E-state index contributed by atoms with van der Waals surface area (Å²) in [6.45, 7) is 1.69. The number of carbonyl (C=O) groups is 2. The van der Waals surface area contributed by atoms with Gasteiger partial charge in [0.1, 0.15) is 0 Å². The van der Waals surface area contributed by atoms with Gasteiger partial charge in [-0.2, -0.15) is 0 Å². The van der Waals surface area contributed by atoms with Gasteiger partial charge in [-0.3, -0.25) is 9.59 Å². The Morgan fingerprint density at radius 2 is 2.07 bits per heavy atom. The fourth-order valence-electron chi connectivity index (χ4n) is 2.85. The lowest BCUT2D eigenvalue weighted by molar-refractivity contribution is 0.0497. The zero-order valence-electron chi connectivity index (χ0n) is 16.0. The molecule has 2 amide bonds. The van der Waals surface area contributed by atoms with Gasteiger partial charge in [0.25, 0.3) is 11.8 Å². The largest absolute Gasteiger partial charge is 0.494 e. The molecule has 0 bridgehead atoms. The Bertz CT molecular complexity index is 865.